The lowest BCUT2D eigenvalue weighted by Gasteiger charge is -2.31. The SMILES string of the molecule is Cc1ccccc1N1/C(=N\NCc2ccc(-c3ncn(-c4ccc(OC(F)(F)F)cc4)n3)cc2)SCC1(C)O. The molecule has 0 bridgehead atoms. The third kappa shape index (κ3) is 6.18. The number of alkyl halides is 3. The van der Waals surface area contributed by atoms with Crippen LogP contribution in [0.3, 0.4) is 0 Å². The Bertz CT molecular complexity index is 1470. The van der Waals surface area contributed by atoms with Crippen LogP contribution in [0.15, 0.2) is 84.2 Å². The Kier molecular flexibility index (Phi) is 7.23. The molecule has 1 unspecified atom stereocenters. The lowest BCUT2D eigenvalue weighted by molar-refractivity contribution is -0.274. The van der Waals surface area contributed by atoms with Crippen LogP contribution in [0, 0.1) is 6.92 Å². The Morgan fingerprint density at radius 2 is 1.79 bits per heavy atom. The van der Waals surface area contributed by atoms with Crippen LogP contribution < -0.4 is 15.1 Å². The topological polar surface area (TPSA) is 87.8 Å². The number of nitrogens with one attached hydrogen (secondary N) is 1. The summed E-state index contributed by atoms with van der Waals surface area (Å²) in [4.78, 5) is 6.17. The van der Waals surface area contributed by atoms with Crippen LogP contribution in [0.4, 0.5) is 18.9 Å². The molecule has 0 aliphatic carbocycles. The number of halogens is 3. The maximum atomic E-state index is 12.4. The van der Waals surface area contributed by atoms with Crippen molar-refractivity contribution in [1.29, 1.82) is 0 Å². The lowest BCUT2D eigenvalue weighted by Crippen LogP contribution is -2.45. The highest BCUT2D eigenvalue weighted by Crippen LogP contribution is 2.37. The van der Waals surface area contributed by atoms with Crippen molar-refractivity contribution in [1.82, 2.24) is 20.2 Å². The molecular formula is C27H25F3N6O2S. The van der Waals surface area contributed by atoms with E-state index in [1.54, 1.807) is 6.92 Å². The van der Waals surface area contributed by atoms with Crippen molar-refractivity contribution < 1.29 is 23.0 Å². The Morgan fingerprint density at radius 1 is 1.08 bits per heavy atom. The normalized spacial score (nSPS) is 18.5. The minimum absolute atomic E-state index is 0.305. The summed E-state index contributed by atoms with van der Waals surface area (Å²) in [7, 11) is 0. The predicted octanol–water partition coefficient (Wildman–Crippen LogP) is 5.46. The van der Waals surface area contributed by atoms with Crippen LogP contribution in [0.25, 0.3) is 17.1 Å². The van der Waals surface area contributed by atoms with E-state index in [4.69, 9.17) is 0 Å². The third-order valence-electron chi connectivity index (χ3n) is 6.00. The van der Waals surface area contributed by atoms with Gasteiger partial charge in [-0.3, -0.25) is 4.90 Å². The fraction of sp³-hybridized carbons (Fsp3) is 0.222. The lowest BCUT2D eigenvalue weighted by atomic mass is 10.1. The molecule has 0 radical (unpaired) electrons. The maximum absolute atomic E-state index is 12.4. The molecule has 1 aliphatic heterocycles. The molecule has 3 aromatic carbocycles. The zero-order chi connectivity index (χ0) is 27.6. The molecule has 8 nitrogen and oxygen atoms in total. The summed E-state index contributed by atoms with van der Waals surface area (Å²) < 4.78 is 42.5. The van der Waals surface area contributed by atoms with E-state index in [-0.39, 0.29) is 5.75 Å². The van der Waals surface area contributed by atoms with Crippen molar-refractivity contribution in [3.63, 3.8) is 0 Å². The number of rotatable bonds is 7. The highest BCUT2D eigenvalue weighted by molar-refractivity contribution is 8.14. The number of anilines is 1. The van der Waals surface area contributed by atoms with E-state index in [1.807, 2.05) is 60.4 Å². The van der Waals surface area contributed by atoms with Crippen LogP contribution in [0.2, 0.25) is 0 Å². The number of benzene rings is 3. The standard InChI is InChI=1S/C27H25F3N6O2S/c1-18-5-3-4-6-23(18)36-25(39-16-26(36,2)37)33-32-15-19-7-9-20(10-8-19)24-31-17-35(34-24)21-11-13-22(14-12-21)38-27(28,29)30/h3-14,17,32,37H,15-16H2,1-2H3/b33-25+. The number of hydrazone groups is 1. The van der Waals surface area contributed by atoms with Gasteiger partial charge in [-0.25, -0.2) is 9.67 Å². The van der Waals surface area contributed by atoms with Gasteiger partial charge in [0.25, 0.3) is 0 Å². The van der Waals surface area contributed by atoms with Gasteiger partial charge in [0.1, 0.15) is 12.1 Å². The smallest absolute Gasteiger partial charge is 0.406 e. The Balaban J connectivity index is 1.23. The van der Waals surface area contributed by atoms with Gasteiger partial charge in [0.05, 0.1) is 12.2 Å². The summed E-state index contributed by atoms with van der Waals surface area (Å²) >= 11 is 1.49. The number of thioether (sulfide) groups is 1. The summed E-state index contributed by atoms with van der Waals surface area (Å²) in [6, 6.07) is 20.9. The molecule has 1 aromatic heterocycles. The molecule has 1 saturated heterocycles. The Labute approximate surface area is 227 Å². The van der Waals surface area contributed by atoms with Gasteiger partial charge in [0, 0.05) is 17.0 Å². The molecule has 1 atom stereocenters. The first-order valence-corrected chi connectivity index (χ1v) is 13.0. The van der Waals surface area contributed by atoms with Gasteiger partial charge >= 0.3 is 6.36 Å². The van der Waals surface area contributed by atoms with Gasteiger partial charge in [-0.2, -0.15) is 5.10 Å². The molecule has 0 saturated carbocycles. The molecule has 1 aliphatic rings. The van der Waals surface area contributed by atoms with Crippen LogP contribution >= 0.6 is 11.8 Å². The van der Waals surface area contributed by atoms with E-state index in [0.717, 1.165) is 22.4 Å². The number of hydrogen-bond acceptors (Lipinski definition) is 7. The van der Waals surface area contributed by atoms with Crippen LogP contribution in [-0.4, -0.2) is 42.9 Å². The van der Waals surface area contributed by atoms with Crippen molar-refractivity contribution in [3.8, 4) is 22.8 Å². The second-order valence-electron chi connectivity index (χ2n) is 9.11. The van der Waals surface area contributed by atoms with E-state index in [0.29, 0.717) is 29.0 Å². The molecule has 1 fully saturated rings. The first kappa shape index (κ1) is 26.6. The van der Waals surface area contributed by atoms with Crippen molar-refractivity contribution in [2.75, 3.05) is 10.7 Å². The fourth-order valence-electron chi connectivity index (χ4n) is 4.09. The number of aryl methyl sites for hydroxylation is 1. The van der Waals surface area contributed by atoms with Crippen molar-refractivity contribution in [3.05, 3.63) is 90.3 Å². The molecule has 4 aromatic rings. The summed E-state index contributed by atoms with van der Waals surface area (Å²) in [6.07, 6.45) is -3.25. The van der Waals surface area contributed by atoms with Gasteiger partial charge < -0.3 is 15.3 Å². The highest BCUT2D eigenvalue weighted by Gasteiger charge is 2.41. The Hall–Kier alpha value is -4.03. The highest BCUT2D eigenvalue weighted by atomic mass is 32.2. The molecule has 0 spiro atoms. The minimum atomic E-state index is -4.74. The van der Waals surface area contributed by atoms with Gasteiger partial charge in [0.2, 0.25) is 0 Å². The molecule has 2 N–H and O–H groups in total. The molecule has 2 heterocycles. The third-order valence-corrected chi connectivity index (χ3v) is 7.22. The number of aromatic nitrogens is 3. The van der Waals surface area contributed by atoms with Gasteiger partial charge in [-0.1, -0.05) is 54.2 Å². The van der Waals surface area contributed by atoms with E-state index in [2.05, 4.69) is 25.3 Å². The average Bonchev–Trinajstić information content (AvgIpc) is 3.49. The molecule has 5 rings (SSSR count). The van der Waals surface area contributed by atoms with E-state index in [1.165, 1.54) is 47.0 Å². The molecule has 0 amide bonds. The van der Waals surface area contributed by atoms with E-state index < -0.39 is 12.1 Å². The molecule has 202 valence electrons. The molecular weight excluding hydrogens is 529 g/mol. The number of nitrogens with zero attached hydrogens (tertiary/aromatic N) is 5. The van der Waals surface area contributed by atoms with E-state index in [9.17, 15) is 18.3 Å². The van der Waals surface area contributed by atoms with Crippen molar-refractivity contribution in [2.45, 2.75) is 32.5 Å². The summed E-state index contributed by atoms with van der Waals surface area (Å²) in [5.41, 5.74) is 6.34. The quantitative estimate of drug-likeness (QED) is 0.293. The zero-order valence-electron chi connectivity index (χ0n) is 21.1. The van der Waals surface area contributed by atoms with Crippen molar-refractivity contribution in [2.24, 2.45) is 5.10 Å². The first-order chi connectivity index (χ1) is 18.6. The van der Waals surface area contributed by atoms with Crippen molar-refractivity contribution >= 4 is 22.6 Å². The summed E-state index contributed by atoms with van der Waals surface area (Å²) in [6.45, 7) is 4.25. The first-order valence-electron chi connectivity index (χ1n) is 12.0. The number of amidine groups is 1. The Morgan fingerprint density at radius 3 is 2.49 bits per heavy atom. The monoisotopic (exact) mass is 554 g/mol. The number of para-hydroxylation sites is 1. The molecule has 12 heteroatoms. The van der Waals surface area contributed by atoms with Crippen LogP contribution in [-0.2, 0) is 6.54 Å². The second kappa shape index (κ2) is 10.6. The number of ether oxygens (including phenoxy) is 1. The van der Waals surface area contributed by atoms with Gasteiger partial charge in [-0.15, -0.1) is 18.3 Å². The number of aliphatic hydroxyl groups is 1. The average molecular weight is 555 g/mol. The number of hydrogen-bond donors (Lipinski definition) is 2. The minimum Gasteiger partial charge on any atom is -0.406 e. The van der Waals surface area contributed by atoms with Gasteiger partial charge in [-0.05, 0) is 55.3 Å². The maximum Gasteiger partial charge on any atom is 0.573 e. The van der Waals surface area contributed by atoms with E-state index >= 15 is 0 Å². The fourth-order valence-corrected chi connectivity index (χ4v) is 5.17. The van der Waals surface area contributed by atoms with Crippen LogP contribution in [0.1, 0.15) is 18.1 Å². The van der Waals surface area contributed by atoms with Crippen LogP contribution in [0.5, 0.6) is 5.75 Å². The predicted molar refractivity (Wildman–Crippen MR) is 144 cm³/mol. The molecule has 39 heavy (non-hydrogen) atoms. The summed E-state index contributed by atoms with van der Waals surface area (Å²) in [5.74, 6) is 0.673. The summed E-state index contributed by atoms with van der Waals surface area (Å²) in [5, 5.41) is 20.6. The second-order valence-corrected chi connectivity index (χ2v) is 10.1. The largest absolute Gasteiger partial charge is 0.573 e. The zero-order valence-corrected chi connectivity index (χ0v) is 21.9. The van der Waals surface area contributed by atoms with Gasteiger partial charge in [0.15, 0.2) is 16.7 Å².